The summed E-state index contributed by atoms with van der Waals surface area (Å²) in [5.74, 6) is -0.796. The van der Waals surface area contributed by atoms with Crippen molar-refractivity contribution in [2.24, 2.45) is 0 Å². The van der Waals surface area contributed by atoms with Gasteiger partial charge in [0.15, 0.2) is 0 Å². The highest BCUT2D eigenvalue weighted by Gasteiger charge is 2.31. The highest BCUT2D eigenvalue weighted by atomic mass is 19.1. The molecular formula is C19H20FN3O2. The second-order valence-electron chi connectivity index (χ2n) is 6.14. The van der Waals surface area contributed by atoms with Crippen molar-refractivity contribution >= 4 is 17.3 Å². The normalized spacial score (nSPS) is 16.6. The fourth-order valence-corrected chi connectivity index (χ4v) is 2.78. The molecular weight excluding hydrogens is 321 g/mol. The van der Waals surface area contributed by atoms with Crippen molar-refractivity contribution in [2.75, 3.05) is 10.6 Å². The monoisotopic (exact) mass is 341 g/mol. The van der Waals surface area contributed by atoms with Crippen molar-refractivity contribution < 1.29 is 13.9 Å². The van der Waals surface area contributed by atoms with Gasteiger partial charge in [0.1, 0.15) is 11.9 Å². The lowest BCUT2D eigenvalue weighted by Crippen LogP contribution is -2.24. The number of fused-ring (bicyclic) bond motifs is 1. The quantitative estimate of drug-likeness (QED) is 0.826. The molecule has 25 heavy (non-hydrogen) atoms. The van der Waals surface area contributed by atoms with Crippen LogP contribution in [0.2, 0.25) is 0 Å². The molecule has 1 aromatic carbocycles. The lowest BCUT2D eigenvalue weighted by molar-refractivity contribution is -0.143. The van der Waals surface area contributed by atoms with E-state index in [0.717, 1.165) is 0 Å². The van der Waals surface area contributed by atoms with Gasteiger partial charge in [0, 0.05) is 11.9 Å². The lowest BCUT2D eigenvalue weighted by Gasteiger charge is -2.21. The number of ether oxygens (including phenoxy) is 1. The third kappa shape index (κ3) is 3.63. The highest BCUT2D eigenvalue weighted by Crippen LogP contribution is 2.36. The van der Waals surface area contributed by atoms with E-state index in [1.165, 1.54) is 12.1 Å². The predicted octanol–water partition coefficient (Wildman–Crippen LogP) is 4.03. The van der Waals surface area contributed by atoms with E-state index < -0.39 is 12.0 Å². The second-order valence-corrected chi connectivity index (χ2v) is 6.14. The molecule has 1 aliphatic rings. The summed E-state index contributed by atoms with van der Waals surface area (Å²) in [4.78, 5) is 17.1. The summed E-state index contributed by atoms with van der Waals surface area (Å²) in [6, 6.07) is 9.30. The molecule has 0 amide bonds. The van der Waals surface area contributed by atoms with Crippen LogP contribution in [0.15, 0.2) is 53.9 Å². The zero-order valence-electron chi connectivity index (χ0n) is 14.3. The first kappa shape index (κ1) is 17.0. The van der Waals surface area contributed by atoms with Gasteiger partial charge in [-0.1, -0.05) is 6.07 Å². The van der Waals surface area contributed by atoms with Gasteiger partial charge in [0.05, 0.1) is 28.7 Å². The largest absolute Gasteiger partial charge is 0.459 e. The van der Waals surface area contributed by atoms with Gasteiger partial charge in [-0.05, 0) is 51.1 Å². The number of esters is 1. The van der Waals surface area contributed by atoms with Gasteiger partial charge in [0.2, 0.25) is 0 Å². The number of nitrogens with one attached hydrogen (secondary N) is 2. The minimum absolute atomic E-state index is 0.250. The van der Waals surface area contributed by atoms with Gasteiger partial charge in [-0.3, -0.25) is 4.98 Å². The number of hydrogen-bond donors (Lipinski definition) is 2. The Labute approximate surface area is 145 Å². The van der Waals surface area contributed by atoms with Crippen molar-refractivity contribution in [3.05, 3.63) is 65.4 Å². The van der Waals surface area contributed by atoms with Crippen LogP contribution >= 0.6 is 0 Å². The summed E-state index contributed by atoms with van der Waals surface area (Å²) in [5, 5.41) is 6.40. The smallest absolute Gasteiger partial charge is 0.338 e. The van der Waals surface area contributed by atoms with E-state index in [1.807, 2.05) is 12.1 Å². The molecule has 3 rings (SSSR count). The van der Waals surface area contributed by atoms with Crippen molar-refractivity contribution in [3.63, 3.8) is 0 Å². The van der Waals surface area contributed by atoms with Crippen LogP contribution in [0.4, 0.5) is 15.8 Å². The maximum atomic E-state index is 13.7. The molecule has 1 atom stereocenters. The molecule has 130 valence electrons. The molecule has 0 fully saturated rings. The standard InChI is InChI=1S/C19H20FN3O2/c1-11(2)25-19(24)17-12(3)22-14-8-7-13(20)10-16(14)23-18(17)15-6-4-5-9-21-15/h4-11,18,22-23H,1-3H3. The lowest BCUT2D eigenvalue weighted by atomic mass is 10.0. The molecule has 0 saturated carbocycles. The molecule has 6 heteroatoms. The van der Waals surface area contributed by atoms with Gasteiger partial charge in [-0.15, -0.1) is 0 Å². The number of halogens is 1. The Bertz CT molecular complexity index is 819. The van der Waals surface area contributed by atoms with E-state index in [0.29, 0.717) is 28.3 Å². The molecule has 1 aromatic heterocycles. The average Bonchev–Trinajstić information content (AvgIpc) is 2.70. The second kappa shape index (κ2) is 6.93. The first-order valence-electron chi connectivity index (χ1n) is 8.11. The summed E-state index contributed by atoms with van der Waals surface area (Å²) in [6.07, 6.45) is 1.41. The molecule has 0 spiro atoms. The van der Waals surface area contributed by atoms with E-state index in [1.54, 1.807) is 39.1 Å². The van der Waals surface area contributed by atoms with Crippen LogP contribution in [0.5, 0.6) is 0 Å². The maximum absolute atomic E-state index is 13.7. The van der Waals surface area contributed by atoms with Crippen molar-refractivity contribution in [1.29, 1.82) is 0 Å². The predicted molar refractivity (Wildman–Crippen MR) is 94.6 cm³/mol. The van der Waals surface area contributed by atoms with Crippen LogP contribution in [-0.4, -0.2) is 17.1 Å². The molecule has 1 aliphatic heterocycles. The van der Waals surface area contributed by atoms with E-state index in [9.17, 15) is 9.18 Å². The van der Waals surface area contributed by atoms with Crippen LogP contribution in [0.3, 0.4) is 0 Å². The number of carbonyl (C=O) groups is 1. The van der Waals surface area contributed by atoms with Crippen molar-refractivity contribution in [3.8, 4) is 0 Å². The SMILES string of the molecule is CC1=C(C(=O)OC(C)C)C(c2ccccn2)Nc2cc(F)ccc2N1. The molecule has 2 N–H and O–H groups in total. The highest BCUT2D eigenvalue weighted by molar-refractivity contribution is 5.94. The van der Waals surface area contributed by atoms with Crippen molar-refractivity contribution in [2.45, 2.75) is 32.9 Å². The summed E-state index contributed by atoms with van der Waals surface area (Å²) >= 11 is 0. The molecule has 1 unspecified atom stereocenters. The number of aromatic nitrogens is 1. The van der Waals surface area contributed by atoms with Gasteiger partial charge >= 0.3 is 5.97 Å². The van der Waals surface area contributed by atoms with Gasteiger partial charge in [-0.2, -0.15) is 0 Å². The molecule has 0 radical (unpaired) electrons. The Morgan fingerprint density at radius 3 is 2.72 bits per heavy atom. The van der Waals surface area contributed by atoms with E-state index >= 15 is 0 Å². The first-order valence-corrected chi connectivity index (χ1v) is 8.11. The third-order valence-electron chi connectivity index (χ3n) is 3.84. The molecule has 2 heterocycles. The number of pyridine rings is 1. The minimum atomic E-state index is -0.553. The van der Waals surface area contributed by atoms with E-state index in [4.69, 9.17) is 4.74 Å². The third-order valence-corrected chi connectivity index (χ3v) is 3.84. The number of allylic oxidation sites excluding steroid dienone is 1. The Kier molecular flexibility index (Phi) is 4.70. The topological polar surface area (TPSA) is 63.2 Å². The maximum Gasteiger partial charge on any atom is 0.338 e. The fourth-order valence-electron chi connectivity index (χ4n) is 2.78. The molecule has 0 bridgehead atoms. The van der Waals surface area contributed by atoms with Crippen LogP contribution in [0, 0.1) is 5.82 Å². The summed E-state index contributed by atoms with van der Waals surface area (Å²) in [7, 11) is 0. The summed E-state index contributed by atoms with van der Waals surface area (Å²) in [5.41, 5.74) is 2.95. The molecule has 2 aromatic rings. The van der Waals surface area contributed by atoms with Gasteiger partial charge < -0.3 is 15.4 Å². The molecule has 0 aliphatic carbocycles. The zero-order chi connectivity index (χ0) is 18.0. The van der Waals surface area contributed by atoms with Crippen LogP contribution in [0.1, 0.15) is 32.5 Å². The summed E-state index contributed by atoms with van der Waals surface area (Å²) in [6.45, 7) is 5.39. The van der Waals surface area contributed by atoms with Gasteiger partial charge in [0.25, 0.3) is 0 Å². The van der Waals surface area contributed by atoms with Crippen LogP contribution in [-0.2, 0) is 9.53 Å². The number of rotatable bonds is 3. The van der Waals surface area contributed by atoms with E-state index in [-0.39, 0.29) is 11.9 Å². The molecule has 5 nitrogen and oxygen atoms in total. The minimum Gasteiger partial charge on any atom is -0.459 e. The number of nitrogens with zero attached hydrogens (tertiary/aromatic N) is 1. The van der Waals surface area contributed by atoms with Crippen molar-refractivity contribution in [1.82, 2.24) is 4.98 Å². The zero-order valence-corrected chi connectivity index (χ0v) is 14.3. The number of benzene rings is 1. The molecule has 0 saturated heterocycles. The van der Waals surface area contributed by atoms with E-state index in [2.05, 4.69) is 15.6 Å². The average molecular weight is 341 g/mol. The van der Waals surface area contributed by atoms with Crippen LogP contribution < -0.4 is 10.6 Å². The van der Waals surface area contributed by atoms with Gasteiger partial charge in [-0.25, -0.2) is 9.18 Å². The Balaban J connectivity index is 2.11. The fraction of sp³-hybridized carbons (Fsp3) is 0.263. The Morgan fingerprint density at radius 2 is 2.04 bits per heavy atom. The Morgan fingerprint density at radius 1 is 1.24 bits per heavy atom. The number of carbonyl (C=O) groups excluding carboxylic acids is 1. The summed E-state index contributed by atoms with van der Waals surface area (Å²) < 4.78 is 19.1. The number of anilines is 2. The number of hydrogen-bond acceptors (Lipinski definition) is 5. The Hall–Kier alpha value is -2.89. The first-order chi connectivity index (χ1) is 12.0. The van der Waals surface area contributed by atoms with Crippen LogP contribution in [0.25, 0.3) is 0 Å².